The number of nitrogens with one attached hydrogen (secondary N) is 1. The maximum absolute atomic E-state index is 13.0. The molecule has 0 aliphatic heterocycles. The van der Waals surface area contributed by atoms with Gasteiger partial charge in [-0.2, -0.15) is 5.26 Å². The standard InChI is InChI=1S/C27H26ClN3O5/c1-16(25(33)30-20-10-7-17(8-11-20)26(34)36-27(2,3)4)31-15-23(35-5)22(13-24(31)32)21-12-19(28)9-6-18(21)14-29/h6-13,15-16H,1-5H3,(H,30,33). The first-order valence-corrected chi connectivity index (χ1v) is 11.5. The summed E-state index contributed by atoms with van der Waals surface area (Å²) in [4.78, 5) is 38.1. The molecule has 0 spiro atoms. The highest BCUT2D eigenvalue weighted by atomic mass is 35.5. The van der Waals surface area contributed by atoms with Gasteiger partial charge < -0.3 is 14.8 Å². The molecule has 0 radical (unpaired) electrons. The molecular weight excluding hydrogens is 482 g/mol. The third-order valence-electron chi connectivity index (χ3n) is 5.24. The molecule has 0 saturated carbocycles. The molecule has 0 aliphatic carbocycles. The molecule has 1 amide bonds. The molecule has 186 valence electrons. The molecule has 8 nitrogen and oxygen atoms in total. The maximum atomic E-state index is 13.0. The Morgan fingerprint density at radius 3 is 2.33 bits per heavy atom. The summed E-state index contributed by atoms with van der Waals surface area (Å²) in [5.41, 5.74) is 0.898. The fraction of sp³-hybridized carbons (Fsp3) is 0.259. The van der Waals surface area contributed by atoms with Gasteiger partial charge in [0.1, 0.15) is 17.4 Å². The third-order valence-corrected chi connectivity index (χ3v) is 5.48. The van der Waals surface area contributed by atoms with Crippen LogP contribution in [0.2, 0.25) is 5.02 Å². The number of benzene rings is 2. The van der Waals surface area contributed by atoms with E-state index in [0.717, 1.165) is 0 Å². The van der Waals surface area contributed by atoms with E-state index >= 15 is 0 Å². The van der Waals surface area contributed by atoms with Gasteiger partial charge in [0.05, 0.1) is 30.5 Å². The van der Waals surface area contributed by atoms with Gasteiger partial charge in [-0.05, 0) is 70.2 Å². The molecule has 2 aromatic carbocycles. The van der Waals surface area contributed by atoms with Gasteiger partial charge in [0.25, 0.3) is 5.56 Å². The Balaban J connectivity index is 1.84. The van der Waals surface area contributed by atoms with Gasteiger partial charge in [-0.1, -0.05) is 11.6 Å². The van der Waals surface area contributed by atoms with Crippen molar-refractivity contribution in [2.75, 3.05) is 12.4 Å². The normalized spacial score (nSPS) is 11.8. The number of aromatic nitrogens is 1. The lowest BCUT2D eigenvalue weighted by atomic mass is 10.0. The van der Waals surface area contributed by atoms with Crippen molar-refractivity contribution in [1.29, 1.82) is 5.26 Å². The largest absolute Gasteiger partial charge is 0.495 e. The number of esters is 1. The number of halogens is 1. The zero-order chi connectivity index (χ0) is 26.6. The predicted molar refractivity (Wildman–Crippen MR) is 137 cm³/mol. The number of amides is 1. The van der Waals surface area contributed by atoms with Crippen LogP contribution in [0.4, 0.5) is 5.69 Å². The molecule has 3 aromatic rings. The van der Waals surface area contributed by atoms with Crippen LogP contribution in [0.1, 0.15) is 49.7 Å². The van der Waals surface area contributed by atoms with Gasteiger partial charge >= 0.3 is 5.97 Å². The summed E-state index contributed by atoms with van der Waals surface area (Å²) in [7, 11) is 1.43. The zero-order valence-electron chi connectivity index (χ0n) is 20.6. The summed E-state index contributed by atoms with van der Waals surface area (Å²) < 4.78 is 12.0. The lowest BCUT2D eigenvalue weighted by Gasteiger charge is -2.20. The van der Waals surface area contributed by atoms with Crippen LogP contribution in [0.3, 0.4) is 0 Å². The highest BCUT2D eigenvalue weighted by Crippen LogP contribution is 2.33. The lowest BCUT2D eigenvalue weighted by molar-refractivity contribution is -0.118. The van der Waals surface area contributed by atoms with Gasteiger partial charge in [0.2, 0.25) is 5.91 Å². The zero-order valence-corrected chi connectivity index (χ0v) is 21.3. The molecule has 0 fully saturated rings. The number of anilines is 1. The molecule has 0 saturated heterocycles. The number of carbonyl (C=O) groups is 2. The molecule has 3 rings (SSSR count). The Morgan fingerprint density at radius 1 is 1.08 bits per heavy atom. The summed E-state index contributed by atoms with van der Waals surface area (Å²) in [6.45, 7) is 6.91. The Labute approximate surface area is 214 Å². The minimum absolute atomic E-state index is 0.301. The Hall–Kier alpha value is -4.09. The van der Waals surface area contributed by atoms with E-state index in [1.807, 2.05) is 0 Å². The first kappa shape index (κ1) is 26.5. The van der Waals surface area contributed by atoms with Crippen LogP contribution in [0.5, 0.6) is 5.75 Å². The number of nitriles is 1. The number of methoxy groups -OCH3 is 1. The summed E-state index contributed by atoms with van der Waals surface area (Å²) in [6, 6.07) is 13.5. The van der Waals surface area contributed by atoms with Crippen LogP contribution in [0.25, 0.3) is 11.1 Å². The highest BCUT2D eigenvalue weighted by Gasteiger charge is 2.21. The van der Waals surface area contributed by atoms with Crippen molar-refractivity contribution in [3.63, 3.8) is 0 Å². The van der Waals surface area contributed by atoms with E-state index in [9.17, 15) is 19.6 Å². The second-order valence-electron chi connectivity index (χ2n) is 9.05. The van der Waals surface area contributed by atoms with Crippen molar-refractivity contribution in [3.05, 3.63) is 81.2 Å². The molecule has 1 atom stereocenters. The van der Waals surface area contributed by atoms with Gasteiger partial charge in [0.15, 0.2) is 0 Å². The fourth-order valence-electron chi connectivity index (χ4n) is 3.44. The predicted octanol–water partition coefficient (Wildman–Crippen LogP) is 5.20. The molecule has 1 aromatic heterocycles. The molecule has 0 bridgehead atoms. The average molecular weight is 508 g/mol. The fourth-order valence-corrected chi connectivity index (χ4v) is 3.61. The van der Waals surface area contributed by atoms with Crippen molar-refractivity contribution >= 4 is 29.2 Å². The third kappa shape index (κ3) is 6.12. The minimum atomic E-state index is -0.888. The van der Waals surface area contributed by atoms with Gasteiger partial charge in [-0.25, -0.2) is 4.79 Å². The SMILES string of the molecule is COc1cn(C(C)C(=O)Nc2ccc(C(=O)OC(C)(C)C)cc2)c(=O)cc1-c1cc(Cl)ccc1C#N. The Bertz CT molecular complexity index is 1400. The van der Waals surface area contributed by atoms with E-state index in [-0.39, 0.29) is 0 Å². The van der Waals surface area contributed by atoms with Crippen LogP contribution in [0, 0.1) is 11.3 Å². The summed E-state index contributed by atoms with van der Waals surface area (Å²) >= 11 is 6.10. The van der Waals surface area contributed by atoms with E-state index in [1.165, 1.54) is 23.9 Å². The molecule has 36 heavy (non-hydrogen) atoms. The summed E-state index contributed by atoms with van der Waals surface area (Å²) in [5.74, 6) is -0.612. The van der Waals surface area contributed by atoms with E-state index in [2.05, 4.69) is 11.4 Å². The average Bonchev–Trinajstić information content (AvgIpc) is 2.82. The van der Waals surface area contributed by atoms with Crippen LogP contribution in [-0.4, -0.2) is 29.2 Å². The summed E-state index contributed by atoms with van der Waals surface area (Å²) in [6.07, 6.45) is 1.43. The Morgan fingerprint density at radius 2 is 1.75 bits per heavy atom. The quantitative estimate of drug-likeness (QED) is 0.459. The molecule has 0 aliphatic rings. The highest BCUT2D eigenvalue weighted by molar-refractivity contribution is 6.31. The second kappa shape index (κ2) is 10.7. The van der Waals surface area contributed by atoms with Crippen molar-refractivity contribution in [1.82, 2.24) is 4.57 Å². The van der Waals surface area contributed by atoms with Crippen molar-refractivity contribution in [2.45, 2.75) is 39.3 Å². The maximum Gasteiger partial charge on any atom is 0.338 e. The van der Waals surface area contributed by atoms with Gasteiger partial charge in [0, 0.05) is 27.9 Å². The monoisotopic (exact) mass is 507 g/mol. The number of carbonyl (C=O) groups excluding carboxylic acids is 2. The molecular formula is C27H26ClN3O5. The molecule has 1 heterocycles. The first-order valence-electron chi connectivity index (χ1n) is 11.1. The molecule has 1 N–H and O–H groups in total. The van der Waals surface area contributed by atoms with Crippen LogP contribution in [-0.2, 0) is 9.53 Å². The van der Waals surface area contributed by atoms with Gasteiger partial charge in [-0.15, -0.1) is 0 Å². The van der Waals surface area contributed by atoms with Crippen LogP contribution >= 0.6 is 11.6 Å². The number of hydrogen-bond acceptors (Lipinski definition) is 6. The second-order valence-corrected chi connectivity index (χ2v) is 9.48. The first-order chi connectivity index (χ1) is 16.9. The van der Waals surface area contributed by atoms with Crippen molar-refractivity contribution in [2.24, 2.45) is 0 Å². The van der Waals surface area contributed by atoms with E-state index < -0.39 is 29.1 Å². The number of pyridine rings is 1. The van der Waals surface area contributed by atoms with Gasteiger partial charge in [-0.3, -0.25) is 14.2 Å². The van der Waals surface area contributed by atoms with Crippen LogP contribution in [0.15, 0.2) is 59.5 Å². The van der Waals surface area contributed by atoms with Crippen LogP contribution < -0.4 is 15.6 Å². The smallest absolute Gasteiger partial charge is 0.338 e. The van der Waals surface area contributed by atoms with Crippen molar-refractivity contribution in [3.8, 4) is 22.9 Å². The Kier molecular flexibility index (Phi) is 7.86. The topological polar surface area (TPSA) is 110 Å². The molecule has 9 heteroatoms. The van der Waals surface area contributed by atoms with E-state index in [4.69, 9.17) is 21.1 Å². The minimum Gasteiger partial charge on any atom is -0.495 e. The summed E-state index contributed by atoms with van der Waals surface area (Å²) in [5, 5.41) is 12.6. The van der Waals surface area contributed by atoms with E-state index in [1.54, 1.807) is 70.2 Å². The van der Waals surface area contributed by atoms with Crippen molar-refractivity contribution < 1.29 is 19.1 Å². The number of hydrogen-bond donors (Lipinski definition) is 1. The lowest BCUT2D eigenvalue weighted by Crippen LogP contribution is -2.31. The van der Waals surface area contributed by atoms with E-state index in [0.29, 0.717) is 38.7 Å². The molecule has 1 unspecified atom stereocenters. The number of rotatable bonds is 6. The number of nitrogens with zero attached hydrogens (tertiary/aromatic N) is 2. The number of ether oxygens (including phenoxy) is 2.